The maximum absolute atomic E-state index is 12.5. The molecule has 1 amide bonds. The Morgan fingerprint density at radius 1 is 1.33 bits per heavy atom. The second-order valence-corrected chi connectivity index (χ2v) is 6.55. The van der Waals surface area contributed by atoms with Crippen molar-refractivity contribution in [3.05, 3.63) is 42.4 Å². The van der Waals surface area contributed by atoms with Crippen molar-refractivity contribution in [1.29, 1.82) is 0 Å². The van der Waals surface area contributed by atoms with Crippen molar-refractivity contribution in [2.45, 2.75) is 32.5 Å². The Labute approximate surface area is 141 Å². The van der Waals surface area contributed by atoms with Crippen LogP contribution < -0.4 is 5.73 Å². The first-order valence-corrected chi connectivity index (χ1v) is 8.32. The van der Waals surface area contributed by atoms with Gasteiger partial charge in [-0.1, -0.05) is 44.2 Å². The van der Waals surface area contributed by atoms with Gasteiger partial charge in [0.1, 0.15) is 11.9 Å². The molecule has 2 aromatic rings. The van der Waals surface area contributed by atoms with Gasteiger partial charge in [-0.3, -0.25) is 4.79 Å². The maximum Gasteiger partial charge on any atom is 0.242 e. The van der Waals surface area contributed by atoms with E-state index in [-0.39, 0.29) is 24.5 Å². The van der Waals surface area contributed by atoms with E-state index in [4.69, 9.17) is 10.7 Å². The summed E-state index contributed by atoms with van der Waals surface area (Å²) in [5, 5.41) is 9.22. The summed E-state index contributed by atoms with van der Waals surface area (Å²) < 4.78 is 2.13. The van der Waals surface area contributed by atoms with E-state index in [2.05, 4.69) is 18.4 Å². The van der Waals surface area contributed by atoms with E-state index in [0.717, 1.165) is 17.1 Å². The molecule has 3 N–H and O–H groups in total. The SMILES string of the molecule is CC(C)[C@@H]1c2nc(-c3ccccc3)cn2CCN1C(=O)[C@@H](N)CO. The third-order valence-electron chi connectivity index (χ3n) is 4.49. The molecule has 3 rings (SSSR count). The largest absolute Gasteiger partial charge is 0.394 e. The summed E-state index contributed by atoms with van der Waals surface area (Å²) in [7, 11) is 0. The van der Waals surface area contributed by atoms with Crippen molar-refractivity contribution in [1.82, 2.24) is 14.5 Å². The number of aliphatic hydroxyl groups excluding tert-OH is 1. The standard InChI is InChI=1S/C18H24N4O2/c1-12(2)16-17-20-15(13-6-4-3-5-7-13)10-21(17)8-9-22(16)18(24)14(19)11-23/h3-7,10,12,14,16,23H,8-9,11,19H2,1-2H3/t14-,16+/m0/s1. The van der Waals surface area contributed by atoms with Crippen LogP contribution in [0.15, 0.2) is 36.5 Å². The fourth-order valence-corrected chi connectivity index (χ4v) is 3.28. The zero-order valence-corrected chi connectivity index (χ0v) is 14.1. The van der Waals surface area contributed by atoms with Crippen LogP contribution in [0.2, 0.25) is 0 Å². The number of hydrogen-bond acceptors (Lipinski definition) is 4. The van der Waals surface area contributed by atoms with Crippen LogP contribution in [-0.2, 0) is 11.3 Å². The van der Waals surface area contributed by atoms with Crippen molar-refractivity contribution >= 4 is 5.91 Å². The molecule has 0 bridgehead atoms. The Morgan fingerprint density at radius 3 is 2.67 bits per heavy atom. The number of fused-ring (bicyclic) bond motifs is 1. The molecule has 24 heavy (non-hydrogen) atoms. The molecular weight excluding hydrogens is 304 g/mol. The third-order valence-corrected chi connectivity index (χ3v) is 4.49. The topological polar surface area (TPSA) is 84.4 Å². The molecule has 0 saturated heterocycles. The molecule has 6 nitrogen and oxygen atoms in total. The van der Waals surface area contributed by atoms with Gasteiger partial charge in [-0.05, 0) is 5.92 Å². The summed E-state index contributed by atoms with van der Waals surface area (Å²) in [6.45, 7) is 5.06. The predicted molar refractivity (Wildman–Crippen MR) is 92.0 cm³/mol. The van der Waals surface area contributed by atoms with Crippen LogP contribution in [0, 0.1) is 5.92 Å². The average Bonchev–Trinajstić information content (AvgIpc) is 3.04. The Bertz CT molecular complexity index is 711. The van der Waals surface area contributed by atoms with Crippen LogP contribution in [0.1, 0.15) is 25.7 Å². The minimum Gasteiger partial charge on any atom is -0.394 e. The van der Waals surface area contributed by atoms with Gasteiger partial charge in [0.2, 0.25) is 5.91 Å². The molecule has 0 spiro atoms. The van der Waals surface area contributed by atoms with E-state index in [1.165, 1.54) is 0 Å². The molecule has 0 saturated carbocycles. The van der Waals surface area contributed by atoms with Gasteiger partial charge >= 0.3 is 0 Å². The highest BCUT2D eigenvalue weighted by atomic mass is 16.3. The van der Waals surface area contributed by atoms with E-state index in [1.54, 1.807) is 4.90 Å². The second kappa shape index (κ2) is 6.75. The summed E-state index contributed by atoms with van der Waals surface area (Å²) in [4.78, 5) is 19.1. The van der Waals surface area contributed by atoms with E-state index in [1.807, 2.05) is 36.5 Å². The monoisotopic (exact) mass is 328 g/mol. The summed E-state index contributed by atoms with van der Waals surface area (Å²) in [6, 6.07) is 9.01. The molecule has 0 fully saturated rings. The van der Waals surface area contributed by atoms with Crippen LogP contribution in [0.3, 0.4) is 0 Å². The summed E-state index contributed by atoms with van der Waals surface area (Å²) >= 11 is 0. The number of hydrogen-bond donors (Lipinski definition) is 2. The zero-order valence-electron chi connectivity index (χ0n) is 14.1. The zero-order chi connectivity index (χ0) is 17.3. The first-order valence-electron chi connectivity index (χ1n) is 8.32. The number of nitrogens with zero attached hydrogens (tertiary/aromatic N) is 3. The Morgan fingerprint density at radius 2 is 2.04 bits per heavy atom. The van der Waals surface area contributed by atoms with Crippen molar-refractivity contribution in [3.8, 4) is 11.3 Å². The number of aliphatic hydroxyl groups is 1. The lowest BCUT2D eigenvalue weighted by atomic mass is 9.99. The van der Waals surface area contributed by atoms with Crippen LogP contribution in [0.25, 0.3) is 11.3 Å². The van der Waals surface area contributed by atoms with Crippen molar-refractivity contribution in [3.63, 3.8) is 0 Å². The van der Waals surface area contributed by atoms with Crippen molar-refractivity contribution in [2.75, 3.05) is 13.2 Å². The van der Waals surface area contributed by atoms with Gasteiger partial charge in [0.25, 0.3) is 0 Å². The number of imidazole rings is 1. The minimum absolute atomic E-state index is 0.138. The molecule has 1 aromatic carbocycles. The molecule has 128 valence electrons. The number of carbonyl (C=O) groups excluding carboxylic acids is 1. The van der Waals surface area contributed by atoms with E-state index >= 15 is 0 Å². The molecule has 6 heteroatoms. The first kappa shape index (κ1) is 16.7. The molecule has 1 aliphatic heterocycles. The van der Waals surface area contributed by atoms with Crippen LogP contribution >= 0.6 is 0 Å². The molecule has 0 aliphatic carbocycles. The van der Waals surface area contributed by atoms with E-state index in [9.17, 15) is 9.90 Å². The lowest BCUT2D eigenvalue weighted by Crippen LogP contribution is -2.51. The highest BCUT2D eigenvalue weighted by Crippen LogP contribution is 2.33. The van der Waals surface area contributed by atoms with E-state index in [0.29, 0.717) is 13.1 Å². The molecular formula is C18H24N4O2. The Hall–Kier alpha value is -2.18. The van der Waals surface area contributed by atoms with E-state index < -0.39 is 6.04 Å². The predicted octanol–water partition coefficient (Wildman–Crippen LogP) is 1.41. The first-order chi connectivity index (χ1) is 11.5. The maximum atomic E-state index is 12.5. The quantitative estimate of drug-likeness (QED) is 0.889. The molecule has 0 radical (unpaired) electrons. The van der Waals surface area contributed by atoms with Crippen molar-refractivity contribution in [2.24, 2.45) is 11.7 Å². The molecule has 2 atom stereocenters. The lowest BCUT2D eigenvalue weighted by molar-refractivity contribution is -0.138. The fourth-order valence-electron chi connectivity index (χ4n) is 3.28. The number of amides is 1. The lowest BCUT2D eigenvalue weighted by Gasteiger charge is -2.39. The molecule has 0 unspecified atom stereocenters. The average molecular weight is 328 g/mol. The van der Waals surface area contributed by atoms with Gasteiger partial charge < -0.3 is 20.3 Å². The summed E-state index contributed by atoms with van der Waals surface area (Å²) in [6.07, 6.45) is 2.05. The van der Waals surface area contributed by atoms with Gasteiger partial charge in [-0.25, -0.2) is 4.98 Å². The highest BCUT2D eigenvalue weighted by molar-refractivity contribution is 5.82. The summed E-state index contributed by atoms with van der Waals surface area (Å²) in [5.41, 5.74) is 7.73. The normalized spacial score (nSPS) is 18.5. The van der Waals surface area contributed by atoms with Gasteiger partial charge in [-0.2, -0.15) is 0 Å². The Balaban J connectivity index is 1.98. The Kier molecular flexibility index (Phi) is 4.69. The van der Waals surface area contributed by atoms with Gasteiger partial charge in [0.05, 0.1) is 18.3 Å². The third kappa shape index (κ3) is 2.95. The number of benzene rings is 1. The van der Waals surface area contributed by atoms with Crippen LogP contribution in [-0.4, -0.2) is 44.7 Å². The molecule has 1 aliphatic rings. The van der Waals surface area contributed by atoms with Gasteiger partial charge in [-0.15, -0.1) is 0 Å². The van der Waals surface area contributed by atoms with Crippen molar-refractivity contribution < 1.29 is 9.90 Å². The van der Waals surface area contributed by atoms with Crippen LogP contribution in [0.5, 0.6) is 0 Å². The number of aromatic nitrogens is 2. The number of carbonyl (C=O) groups is 1. The number of rotatable bonds is 4. The van der Waals surface area contributed by atoms with Crippen LogP contribution in [0.4, 0.5) is 0 Å². The summed E-state index contributed by atoms with van der Waals surface area (Å²) in [5.74, 6) is 0.866. The smallest absolute Gasteiger partial charge is 0.242 e. The second-order valence-electron chi connectivity index (χ2n) is 6.55. The molecule has 2 heterocycles. The minimum atomic E-state index is -0.874. The van der Waals surface area contributed by atoms with Gasteiger partial charge in [0.15, 0.2) is 0 Å². The number of nitrogens with two attached hydrogens (primary N) is 1. The molecule has 1 aromatic heterocycles. The highest BCUT2D eigenvalue weighted by Gasteiger charge is 2.36. The van der Waals surface area contributed by atoms with Gasteiger partial charge in [0, 0.05) is 24.8 Å². The fraction of sp³-hybridized carbons (Fsp3) is 0.444.